The van der Waals surface area contributed by atoms with Gasteiger partial charge in [-0.25, -0.2) is 0 Å². The molecule has 0 amide bonds. The van der Waals surface area contributed by atoms with Gasteiger partial charge in [0.05, 0.1) is 0 Å². The Hall–Kier alpha value is -0.520. The molecule has 0 aromatic carbocycles. The maximum absolute atomic E-state index is 2.56. The fraction of sp³-hybridized carbons (Fsp3) is 0.826. The van der Waals surface area contributed by atoms with E-state index < -0.39 is 0 Å². The molecule has 0 aliphatic heterocycles. The lowest BCUT2D eigenvalue weighted by Gasteiger charge is -2.38. The zero-order chi connectivity index (χ0) is 16.1. The molecule has 0 aromatic rings. The van der Waals surface area contributed by atoms with Crippen LogP contribution < -0.4 is 0 Å². The van der Waals surface area contributed by atoms with Crippen LogP contribution in [0.3, 0.4) is 0 Å². The van der Waals surface area contributed by atoms with E-state index in [1.165, 1.54) is 64.2 Å². The van der Waals surface area contributed by atoms with Crippen molar-refractivity contribution < 1.29 is 0 Å². The smallest absolute Gasteiger partial charge is 0.0165 e. The third kappa shape index (κ3) is 4.52. The topological polar surface area (TPSA) is 0 Å². The zero-order valence-electron chi connectivity index (χ0n) is 15.6. The average molecular weight is 315 g/mol. The van der Waals surface area contributed by atoms with E-state index in [0.717, 1.165) is 29.6 Å². The van der Waals surface area contributed by atoms with Crippen LogP contribution in [-0.2, 0) is 0 Å². The van der Waals surface area contributed by atoms with Gasteiger partial charge in [-0.2, -0.15) is 0 Å². The fourth-order valence-corrected chi connectivity index (χ4v) is 5.57. The third-order valence-corrected chi connectivity index (χ3v) is 7.24. The van der Waals surface area contributed by atoms with Gasteiger partial charge >= 0.3 is 0 Å². The van der Waals surface area contributed by atoms with Crippen LogP contribution in [-0.4, -0.2) is 0 Å². The van der Waals surface area contributed by atoms with Crippen LogP contribution in [0.25, 0.3) is 0 Å². The van der Waals surface area contributed by atoms with Crippen molar-refractivity contribution in [3.63, 3.8) is 0 Å². The quantitative estimate of drug-likeness (QED) is 0.499. The first kappa shape index (κ1) is 17.3. The number of hydrogen-bond acceptors (Lipinski definition) is 0. The molecule has 0 bridgehead atoms. The summed E-state index contributed by atoms with van der Waals surface area (Å²) in [6, 6.07) is 0. The Morgan fingerprint density at radius 2 is 1.52 bits per heavy atom. The molecule has 1 unspecified atom stereocenters. The van der Waals surface area contributed by atoms with Gasteiger partial charge in [0.2, 0.25) is 0 Å². The summed E-state index contributed by atoms with van der Waals surface area (Å²) in [4.78, 5) is 0. The Labute approximate surface area is 144 Å². The van der Waals surface area contributed by atoms with Crippen molar-refractivity contribution >= 4 is 0 Å². The van der Waals surface area contributed by atoms with Crippen molar-refractivity contribution in [3.8, 4) is 0 Å². The SMILES string of the molecule is CCCC1CCC(C2CCC(C3=CCC(CC)C=C3)CC2)CC1. The monoisotopic (exact) mass is 314 g/mol. The Balaban J connectivity index is 1.43. The summed E-state index contributed by atoms with van der Waals surface area (Å²) in [7, 11) is 0. The van der Waals surface area contributed by atoms with Gasteiger partial charge in [-0.15, -0.1) is 0 Å². The van der Waals surface area contributed by atoms with Gasteiger partial charge in [0.25, 0.3) is 0 Å². The maximum atomic E-state index is 2.56. The fourth-order valence-electron chi connectivity index (χ4n) is 5.57. The summed E-state index contributed by atoms with van der Waals surface area (Å²) in [6.45, 7) is 4.67. The van der Waals surface area contributed by atoms with E-state index in [4.69, 9.17) is 0 Å². The molecule has 23 heavy (non-hydrogen) atoms. The molecule has 1 atom stereocenters. The molecule has 0 saturated heterocycles. The van der Waals surface area contributed by atoms with Crippen LogP contribution in [0.15, 0.2) is 23.8 Å². The lowest BCUT2D eigenvalue weighted by molar-refractivity contribution is 0.151. The normalized spacial score (nSPS) is 38.3. The first-order chi connectivity index (χ1) is 11.3. The van der Waals surface area contributed by atoms with Gasteiger partial charge in [-0.3, -0.25) is 0 Å². The summed E-state index contributed by atoms with van der Waals surface area (Å²) < 4.78 is 0. The van der Waals surface area contributed by atoms with Crippen LogP contribution in [0.5, 0.6) is 0 Å². The molecule has 0 radical (unpaired) electrons. The summed E-state index contributed by atoms with van der Waals surface area (Å²) in [6.07, 6.45) is 25.1. The van der Waals surface area contributed by atoms with Gasteiger partial charge in [0, 0.05) is 0 Å². The highest BCUT2D eigenvalue weighted by Gasteiger charge is 2.31. The van der Waals surface area contributed by atoms with Gasteiger partial charge in [-0.05, 0) is 86.5 Å². The van der Waals surface area contributed by atoms with Gasteiger partial charge in [-0.1, -0.05) is 57.8 Å². The molecule has 0 aromatic heterocycles. The minimum Gasteiger partial charge on any atom is -0.0808 e. The summed E-state index contributed by atoms with van der Waals surface area (Å²) in [5, 5.41) is 0. The predicted molar refractivity (Wildman–Crippen MR) is 101 cm³/mol. The lowest BCUT2D eigenvalue weighted by Crippen LogP contribution is -2.26. The predicted octanol–water partition coefficient (Wildman–Crippen LogP) is 7.31. The third-order valence-electron chi connectivity index (χ3n) is 7.24. The summed E-state index contributed by atoms with van der Waals surface area (Å²) in [5.41, 5.74) is 1.68. The van der Waals surface area contributed by atoms with Crippen molar-refractivity contribution in [2.45, 2.75) is 90.9 Å². The second-order valence-electron chi connectivity index (χ2n) is 8.65. The van der Waals surface area contributed by atoms with E-state index in [1.807, 2.05) is 0 Å². The van der Waals surface area contributed by atoms with Crippen molar-refractivity contribution in [1.82, 2.24) is 0 Å². The minimum absolute atomic E-state index is 0.813. The lowest BCUT2D eigenvalue weighted by atomic mass is 9.67. The number of allylic oxidation sites excluding steroid dienone is 4. The first-order valence-electron chi connectivity index (χ1n) is 10.7. The van der Waals surface area contributed by atoms with Gasteiger partial charge in [0.1, 0.15) is 0 Å². The second-order valence-corrected chi connectivity index (χ2v) is 8.65. The molecule has 2 saturated carbocycles. The van der Waals surface area contributed by atoms with E-state index in [2.05, 4.69) is 32.1 Å². The average Bonchev–Trinajstić information content (AvgIpc) is 2.63. The van der Waals surface area contributed by atoms with Crippen LogP contribution in [0.2, 0.25) is 0 Å². The van der Waals surface area contributed by atoms with Crippen molar-refractivity contribution in [1.29, 1.82) is 0 Å². The summed E-state index contributed by atoms with van der Waals surface area (Å²) >= 11 is 0. The molecule has 3 aliphatic rings. The standard InChI is InChI=1S/C23H38/c1-3-5-19-8-12-21(13-9-19)23-16-14-22(15-17-23)20-10-6-18(4-2)7-11-20/h6,10-11,18-19,21-23H,3-5,7-9,12-17H2,1-2H3. The molecule has 0 heterocycles. The summed E-state index contributed by atoms with van der Waals surface area (Å²) in [5.74, 6) is 4.90. The van der Waals surface area contributed by atoms with Crippen LogP contribution in [0.4, 0.5) is 0 Å². The maximum Gasteiger partial charge on any atom is -0.0165 e. The minimum atomic E-state index is 0.813. The van der Waals surface area contributed by atoms with E-state index >= 15 is 0 Å². The van der Waals surface area contributed by atoms with Gasteiger partial charge in [0.15, 0.2) is 0 Å². The highest BCUT2D eigenvalue weighted by Crippen LogP contribution is 2.44. The Kier molecular flexibility index (Phi) is 6.43. The van der Waals surface area contributed by atoms with E-state index in [0.29, 0.717) is 0 Å². The van der Waals surface area contributed by atoms with Crippen LogP contribution in [0, 0.1) is 29.6 Å². The highest BCUT2D eigenvalue weighted by atomic mass is 14.4. The molecule has 0 N–H and O–H groups in total. The van der Waals surface area contributed by atoms with Gasteiger partial charge < -0.3 is 0 Å². The number of hydrogen-bond donors (Lipinski definition) is 0. The molecular weight excluding hydrogens is 276 g/mol. The first-order valence-corrected chi connectivity index (χ1v) is 10.7. The Morgan fingerprint density at radius 3 is 2.04 bits per heavy atom. The molecule has 2 fully saturated rings. The second kappa shape index (κ2) is 8.54. The Morgan fingerprint density at radius 1 is 0.870 bits per heavy atom. The molecule has 0 nitrogen and oxygen atoms in total. The van der Waals surface area contributed by atoms with Crippen molar-refractivity contribution in [3.05, 3.63) is 23.8 Å². The highest BCUT2D eigenvalue weighted by molar-refractivity contribution is 5.26. The van der Waals surface area contributed by atoms with E-state index in [-0.39, 0.29) is 0 Å². The molecule has 130 valence electrons. The Bertz CT molecular complexity index is 400. The van der Waals surface area contributed by atoms with Crippen molar-refractivity contribution in [2.24, 2.45) is 29.6 Å². The largest absolute Gasteiger partial charge is 0.0808 e. The molecule has 0 heteroatoms. The zero-order valence-corrected chi connectivity index (χ0v) is 15.6. The molecule has 0 spiro atoms. The van der Waals surface area contributed by atoms with E-state index in [1.54, 1.807) is 18.4 Å². The molecule has 3 aliphatic carbocycles. The van der Waals surface area contributed by atoms with Crippen molar-refractivity contribution in [2.75, 3.05) is 0 Å². The van der Waals surface area contributed by atoms with Crippen LogP contribution >= 0.6 is 0 Å². The molecule has 3 rings (SSSR count). The number of rotatable bonds is 5. The van der Waals surface area contributed by atoms with Crippen LogP contribution in [0.1, 0.15) is 90.9 Å². The molecular formula is C23H38. The van der Waals surface area contributed by atoms with E-state index in [9.17, 15) is 0 Å².